The lowest BCUT2D eigenvalue weighted by Crippen LogP contribution is -2.42. The number of hydrogen-bond acceptors (Lipinski definition) is 2. The van der Waals surface area contributed by atoms with Crippen LogP contribution in [0.4, 0.5) is 0 Å². The van der Waals surface area contributed by atoms with Crippen LogP contribution in [0.25, 0.3) is 0 Å². The first-order chi connectivity index (χ1) is 7.76. The van der Waals surface area contributed by atoms with Gasteiger partial charge in [-0.3, -0.25) is 4.79 Å². The van der Waals surface area contributed by atoms with Gasteiger partial charge in [-0.2, -0.15) is 0 Å². The summed E-state index contributed by atoms with van der Waals surface area (Å²) in [7, 11) is 0. The number of carbonyl (C=O) groups excluding carboxylic acids is 1. The third-order valence-electron chi connectivity index (χ3n) is 4.46. The van der Waals surface area contributed by atoms with Crippen molar-refractivity contribution in [2.24, 2.45) is 17.1 Å². The maximum atomic E-state index is 11.9. The van der Waals surface area contributed by atoms with Crippen molar-refractivity contribution >= 4 is 5.91 Å². The molecule has 0 unspecified atom stereocenters. The molecule has 0 aromatic heterocycles. The molecule has 2 aliphatic rings. The molecule has 0 bridgehead atoms. The topological polar surface area (TPSA) is 55.1 Å². The van der Waals surface area contributed by atoms with Crippen molar-refractivity contribution in [3.05, 3.63) is 0 Å². The van der Waals surface area contributed by atoms with Gasteiger partial charge >= 0.3 is 0 Å². The molecule has 0 aromatic carbocycles. The third-order valence-corrected chi connectivity index (χ3v) is 4.46. The Labute approximate surface area is 98.2 Å². The molecule has 0 aromatic rings. The number of amides is 1. The third kappa shape index (κ3) is 2.57. The maximum absolute atomic E-state index is 11.9. The minimum atomic E-state index is 0.217. The molecule has 0 heterocycles. The number of nitrogens with one attached hydrogen (secondary N) is 1. The first-order valence-corrected chi connectivity index (χ1v) is 6.74. The van der Waals surface area contributed by atoms with Crippen molar-refractivity contribution in [1.82, 2.24) is 5.32 Å². The average molecular weight is 224 g/mol. The molecule has 1 amide bonds. The van der Waals surface area contributed by atoms with Gasteiger partial charge in [0.15, 0.2) is 0 Å². The maximum Gasteiger partial charge on any atom is 0.223 e. The van der Waals surface area contributed by atoms with E-state index < -0.39 is 0 Å². The predicted octanol–water partition coefficient (Wildman–Crippen LogP) is 1.81. The van der Waals surface area contributed by atoms with Crippen LogP contribution in [0.5, 0.6) is 0 Å². The van der Waals surface area contributed by atoms with E-state index in [0.717, 1.165) is 25.9 Å². The predicted molar refractivity (Wildman–Crippen MR) is 64.9 cm³/mol. The molecule has 2 rings (SSSR count). The molecule has 0 spiro atoms. The highest BCUT2D eigenvalue weighted by atomic mass is 16.1. The van der Waals surface area contributed by atoms with E-state index in [1.54, 1.807) is 0 Å². The van der Waals surface area contributed by atoms with Gasteiger partial charge in [0, 0.05) is 12.5 Å². The second-order valence-electron chi connectivity index (χ2n) is 5.61. The minimum absolute atomic E-state index is 0.217. The van der Waals surface area contributed by atoms with E-state index in [-0.39, 0.29) is 17.2 Å². The van der Waals surface area contributed by atoms with Gasteiger partial charge in [0.1, 0.15) is 0 Å². The van der Waals surface area contributed by atoms with Crippen LogP contribution in [0.15, 0.2) is 0 Å². The van der Waals surface area contributed by atoms with Gasteiger partial charge in [-0.25, -0.2) is 0 Å². The SMILES string of the molecule is NCC1(CNC(=O)C2CCCC2)CCCC1. The average Bonchev–Trinajstić information content (AvgIpc) is 2.98. The number of rotatable bonds is 4. The van der Waals surface area contributed by atoms with Crippen LogP contribution in [0, 0.1) is 11.3 Å². The molecule has 2 saturated carbocycles. The van der Waals surface area contributed by atoms with Crippen LogP contribution in [0.3, 0.4) is 0 Å². The summed E-state index contributed by atoms with van der Waals surface area (Å²) in [5.74, 6) is 0.563. The molecule has 0 radical (unpaired) electrons. The van der Waals surface area contributed by atoms with Crippen molar-refractivity contribution in [2.45, 2.75) is 51.4 Å². The quantitative estimate of drug-likeness (QED) is 0.765. The molecule has 2 fully saturated rings. The van der Waals surface area contributed by atoms with Crippen LogP contribution < -0.4 is 11.1 Å². The Morgan fingerprint density at radius 1 is 1.19 bits per heavy atom. The second-order valence-corrected chi connectivity index (χ2v) is 5.61. The summed E-state index contributed by atoms with van der Waals surface area (Å²) in [6.45, 7) is 1.52. The fourth-order valence-electron chi connectivity index (χ4n) is 3.19. The van der Waals surface area contributed by atoms with Gasteiger partial charge in [0.2, 0.25) is 5.91 Å². The standard InChI is InChI=1S/C13H24N2O/c14-9-13(7-3-4-8-13)10-15-12(16)11-5-1-2-6-11/h11H,1-10,14H2,(H,15,16). The smallest absolute Gasteiger partial charge is 0.223 e. The summed E-state index contributed by atoms with van der Waals surface area (Å²) >= 11 is 0. The van der Waals surface area contributed by atoms with E-state index >= 15 is 0 Å². The Bertz CT molecular complexity index is 240. The van der Waals surface area contributed by atoms with Gasteiger partial charge in [-0.15, -0.1) is 0 Å². The first-order valence-electron chi connectivity index (χ1n) is 6.74. The highest BCUT2D eigenvalue weighted by Crippen LogP contribution is 2.36. The highest BCUT2D eigenvalue weighted by Gasteiger charge is 2.33. The lowest BCUT2D eigenvalue weighted by molar-refractivity contribution is -0.125. The van der Waals surface area contributed by atoms with Crippen molar-refractivity contribution in [1.29, 1.82) is 0 Å². The van der Waals surface area contributed by atoms with Crippen molar-refractivity contribution < 1.29 is 4.79 Å². The second kappa shape index (κ2) is 5.17. The summed E-state index contributed by atoms with van der Waals surface area (Å²) < 4.78 is 0. The molecular formula is C13H24N2O. The summed E-state index contributed by atoms with van der Waals surface area (Å²) in [5.41, 5.74) is 6.07. The highest BCUT2D eigenvalue weighted by molar-refractivity contribution is 5.78. The van der Waals surface area contributed by atoms with Crippen LogP contribution in [-0.4, -0.2) is 19.0 Å². The van der Waals surface area contributed by atoms with Crippen LogP contribution in [0.2, 0.25) is 0 Å². The number of hydrogen-bond donors (Lipinski definition) is 2. The molecule has 92 valence electrons. The summed E-state index contributed by atoms with van der Waals surface area (Å²) in [5, 5.41) is 3.14. The Morgan fingerprint density at radius 2 is 1.81 bits per heavy atom. The van der Waals surface area contributed by atoms with Gasteiger partial charge < -0.3 is 11.1 Å². The zero-order valence-electron chi connectivity index (χ0n) is 10.1. The zero-order valence-corrected chi connectivity index (χ0v) is 10.1. The molecule has 16 heavy (non-hydrogen) atoms. The van der Waals surface area contributed by atoms with Crippen LogP contribution >= 0.6 is 0 Å². The number of carbonyl (C=O) groups is 1. The molecule has 0 aliphatic heterocycles. The lowest BCUT2D eigenvalue weighted by atomic mass is 9.86. The van der Waals surface area contributed by atoms with Crippen LogP contribution in [-0.2, 0) is 4.79 Å². The molecule has 3 heteroatoms. The van der Waals surface area contributed by atoms with Crippen molar-refractivity contribution in [3.63, 3.8) is 0 Å². The Balaban J connectivity index is 1.79. The van der Waals surface area contributed by atoms with E-state index in [1.165, 1.54) is 38.5 Å². The molecular weight excluding hydrogens is 200 g/mol. The lowest BCUT2D eigenvalue weighted by Gasteiger charge is -2.28. The van der Waals surface area contributed by atoms with E-state index in [4.69, 9.17) is 5.73 Å². The van der Waals surface area contributed by atoms with Gasteiger partial charge in [-0.1, -0.05) is 25.7 Å². The van der Waals surface area contributed by atoms with Crippen LogP contribution in [0.1, 0.15) is 51.4 Å². The molecule has 0 saturated heterocycles. The Kier molecular flexibility index (Phi) is 3.85. The Morgan fingerprint density at radius 3 is 2.38 bits per heavy atom. The first kappa shape index (κ1) is 11.9. The van der Waals surface area contributed by atoms with Gasteiger partial charge in [0.25, 0.3) is 0 Å². The fourth-order valence-corrected chi connectivity index (χ4v) is 3.19. The van der Waals surface area contributed by atoms with E-state index in [9.17, 15) is 4.79 Å². The van der Waals surface area contributed by atoms with Crippen molar-refractivity contribution in [2.75, 3.05) is 13.1 Å². The van der Waals surface area contributed by atoms with E-state index in [0.29, 0.717) is 0 Å². The molecule has 2 aliphatic carbocycles. The Hall–Kier alpha value is -0.570. The number of nitrogens with two attached hydrogens (primary N) is 1. The fraction of sp³-hybridized carbons (Fsp3) is 0.923. The van der Waals surface area contributed by atoms with Gasteiger partial charge in [-0.05, 0) is 37.6 Å². The van der Waals surface area contributed by atoms with E-state index in [1.807, 2.05) is 0 Å². The summed E-state index contributed by atoms with van der Waals surface area (Å²) in [6.07, 6.45) is 9.54. The minimum Gasteiger partial charge on any atom is -0.355 e. The molecule has 3 nitrogen and oxygen atoms in total. The molecule has 3 N–H and O–H groups in total. The van der Waals surface area contributed by atoms with Crippen molar-refractivity contribution in [3.8, 4) is 0 Å². The summed E-state index contributed by atoms with van der Waals surface area (Å²) in [6, 6.07) is 0. The van der Waals surface area contributed by atoms with E-state index in [2.05, 4.69) is 5.32 Å². The molecule has 0 atom stereocenters. The zero-order chi connectivity index (χ0) is 11.4. The normalized spacial score (nSPS) is 24.8. The summed E-state index contributed by atoms with van der Waals surface area (Å²) in [4.78, 5) is 11.9. The van der Waals surface area contributed by atoms with Gasteiger partial charge in [0.05, 0.1) is 0 Å². The largest absolute Gasteiger partial charge is 0.355 e. The monoisotopic (exact) mass is 224 g/mol.